The summed E-state index contributed by atoms with van der Waals surface area (Å²) >= 11 is 3.73. The molecule has 2 aromatic rings. The lowest BCUT2D eigenvalue weighted by atomic mass is 10.0. The summed E-state index contributed by atoms with van der Waals surface area (Å²) in [5, 5.41) is 0. The number of methoxy groups -OCH3 is 3. The molecule has 0 amide bonds. The molecule has 0 aliphatic carbocycles. The monoisotopic (exact) mass is 336 g/mol. The van der Waals surface area contributed by atoms with Crippen LogP contribution in [0.1, 0.15) is 16.0 Å². The second-order valence-corrected chi connectivity index (χ2v) is 5.13. The van der Waals surface area contributed by atoms with Gasteiger partial charge in [0, 0.05) is 11.1 Å². The van der Waals surface area contributed by atoms with Crippen molar-refractivity contribution >= 4 is 15.9 Å². The second-order valence-electron chi connectivity index (χ2n) is 4.21. The second kappa shape index (κ2) is 6.66. The predicted octanol–water partition coefficient (Wildman–Crippen LogP) is 4.20. The van der Waals surface area contributed by atoms with Gasteiger partial charge in [-0.15, -0.1) is 0 Å². The van der Waals surface area contributed by atoms with Crippen LogP contribution in [0.4, 0.5) is 0 Å². The molecule has 0 fully saturated rings. The highest BCUT2D eigenvalue weighted by Gasteiger charge is 2.19. The van der Waals surface area contributed by atoms with Gasteiger partial charge in [-0.25, -0.2) is 0 Å². The van der Waals surface area contributed by atoms with E-state index in [2.05, 4.69) is 15.9 Å². The van der Waals surface area contributed by atoms with Crippen LogP contribution in [0.5, 0.6) is 17.2 Å². The van der Waals surface area contributed by atoms with Crippen LogP contribution in [0.25, 0.3) is 0 Å². The summed E-state index contributed by atoms with van der Waals surface area (Å²) in [6.45, 7) is 0. The fraction of sp³-hybridized carbons (Fsp3) is 0.250. The summed E-state index contributed by atoms with van der Waals surface area (Å²) in [4.78, 5) is -0.0382. The van der Waals surface area contributed by atoms with Crippen LogP contribution in [0, 0.1) is 0 Å². The molecular formula is C16H17BrO3. The SMILES string of the molecule is COc1ccc(OC)c(C(Br)c2ccccc2OC)c1. The molecule has 106 valence electrons. The molecule has 0 N–H and O–H groups in total. The van der Waals surface area contributed by atoms with Crippen LogP contribution >= 0.6 is 15.9 Å². The van der Waals surface area contributed by atoms with Crippen LogP contribution < -0.4 is 14.2 Å². The summed E-state index contributed by atoms with van der Waals surface area (Å²) in [5.41, 5.74) is 2.04. The van der Waals surface area contributed by atoms with Crippen LogP contribution in [-0.4, -0.2) is 21.3 Å². The molecule has 1 unspecified atom stereocenters. The lowest BCUT2D eigenvalue weighted by molar-refractivity contribution is 0.397. The van der Waals surface area contributed by atoms with Crippen molar-refractivity contribution in [2.45, 2.75) is 4.83 Å². The van der Waals surface area contributed by atoms with Gasteiger partial charge in [0.25, 0.3) is 0 Å². The first kappa shape index (κ1) is 14.7. The van der Waals surface area contributed by atoms with E-state index in [-0.39, 0.29) is 4.83 Å². The minimum Gasteiger partial charge on any atom is -0.497 e. The summed E-state index contributed by atoms with van der Waals surface area (Å²) in [5.74, 6) is 2.43. The molecule has 0 bridgehead atoms. The van der Waals surface area contributed by atoms with Gasteiger partial charge in [0.15, 0.2) is 0 Å². The normalized spacial score (nSPS) is 11.8. The third-order valence-electron chi connectivity index (χ3n) is 3.12. The van der Waals surface area contributed by atoms with Crippen molar-refractivity contribution in [3.8, 4) is 17.2 Å². The number of alkyl halides is 1. The molecule has 0 aromatic heterocycles. The van der Waals surface area contributed by atoms with Crippen molar-refractivity contribution in [3.05, 3.63) is 53.6 Å². The minimum atomic E-state index is -0.0382. The maximum atomic E-state index is 5.43. The topological polar surface area (TPSA) is 27.7 Å². The Morgan fingerprint density at radius 1 is 0.800 bits per heavy atom. The fourth-order valence-corrected chi connectivity index (χ4v) is 2.82. The first-order chi connectivity index (χ1) is 9.71. The van der Waals surface area contributed by atoms with Gasteiger partial charge in [-0.3, -0.25) is 0 Å². The van der Waals surface area contributed by atoms with Crippen molar-refractivity contribution < 1.29 is 14.2 Å². The Kier molecular flexibility index (Phi) is 4.90. The molecular weight excluding hydrogens is 320 g/mol. The van der Waals surface area contributed by atoms with E-state index >= 15 is 0 Å². The molecule has 4 heteroatoms. The Morgan fingerprint density at radius 2 is 1.45 bits per heavy atom. The van der Waals surface area contributed by atoms with E-state index in [1.54, 1.807) is 21.3 Å². The molecule has 0 radical (unpaired) electrons. The van der Waals surface area contributed by atoms with E-state index in [9.17, 15) is 0 Å². The van der Waals surface area contributed by atoms with E-state index in [1.807, 2.05) is 42.5 Å². The van der Waals surface area contributed by atoms with Gasteiger partial charge in [0.05, 0.1) is 26.2 Å². The number of ether oxygens (including phenoxy) is 3. The lowest BCUT2D eigenvalue weighted by Crippen LogP contribution is -2.00. The van der Waals surface area contributed by atoms with E-state index < -0.39 is 0 Å². The highest BCUT2D eigenvalue weighted by Crippen LogP contribution is 2.41. The predicted molar refractivity (Wildman–Crippen MR) is 83.3 cm³/mol. The summed E-state index contributed by atoms with van der Waals surface area (Å²) in [6, 6.07) is 13.6. The average molecular weight is 337 g/mol. The first-order valence-electron chi connectivity index (χ1n) is 6.20. The van der Waals surface area contributed by atoms with Crippen LogP contribution in [0.15, 0.2) is 42.5 Å². The Morgan fingerprint density at radius 3 is 2.10 bits per heavy atom. The van der Waals surface area contributed by atoms with E-state index in [0.717, 1.165) is 28.4 Å². The van der Waals surface area contributed by atoms with E-state index in [4.69, 9.17) is 14.2 Å². The molecule has 0 saturated heterocycles. The van der Waals surface area contributed by atoms with E-state index in [1.165, 1.54) is 0 Å². The number of benzene rings is 2. The molecule has 20 heavy (non-hydrogen) atoms. The van der Waals surface area contributed by atoms with Crippen molar-refractivity contribution in [2.24, 2.45) is 0 Å². The smallest absolute Gasteiger partial charge is 0.123 e. The van der Waals surface area contributed by atoms with Gasteiger partial charge in [-0.05, 0) is 24.3 Å². The zero-order chi connectivity index (χ0) is 14.5. The molecule has 2 rings (SSSR count). The third-order valence-corrected chi connectivity index (χ3v) is 4.11. The van der Waals surface area contributed by atoms with Crippen LogP contribution in [0.2, 0.25) is 0 Å². The first-order valence-corrected chi connectivity index (χ1v) is 7.11. The maximum absolute atomic E-state index is 5.43. The van der Waals surface area contributed by atoms with Crippen molar-refractivity contribution in [3.63, 3.8) is 0 Å². The molecule has 0 saturated carbocycles. The summed E-state index contributed by atoms with van der Waals surface area (Å²) < 4.78 is 16.1. The van der Waals surface area contributed by atoms with E-state index in [0.29, 0.717) is 0 Å². The average Bonchev–Trinajstić information content (AvgIpc) is 2.53. The molecule has 0 aliphatic heterocycles. The highest BCUT2D eigenvalue weighted by atomic mass is 79.9. The Labute approximate surface area is 127 Å². The standard InChI is InChI=1S/C16H17BrO3/c1-18-11-8-9-15(20-3)13(10-11)16(17)12-6-4-5-7-14(12)19-2/h4-10,16H,1-3H3. The van der Waals surface area contributed by atoms with Gasteiger partial charge in [0.1, 0.15) is 17.2 Å². The van der Waals surface area contributed by atoms with Gasteiger partial charge in [0.2, 0.25) is 0 Å². The number of hydrogen-bond acceptors (Lipinski definition) is 3. The maximum Gasteiger partial charge on any atom is 0.123 e. The largest absolute Gasteiger partial charge is 0.497 e. The Bertz CT molecular complexity index is 584. The van der Waals surface area contributed by atoms with Crippen molar-refractivity contribution in [2.75, 3.05) is 21.3 Å². The van der Waals surface area contributed by atoms with Crippen LogP contribution in [-0.2, 0) is 0 Å². The number of hydrogen-bond donors (Lipinski definition) is 0. The molecule has 1 atom stereocenters. The lowest BCUT2D eigenvalue weighted by Gasteiger charge is -2.18. The van der Waals surface area contributed by atoms with Gasteiger partial charge in [-0.1, -0.05) is 34.1 Å². The minimum absolute atomic E-state index is 0.0382. The number of halogens is 1. The fourth-order valence-electron chi connectivity index (χ4n) is 2.08. The van der Waals surface area contributed by atoms with Gasteiger partial charge >= 0.3 is 0 Å². The highest BCUT2D eigenvalue weighted by molar-refractivity contribution is 9.09. The van der Waals surface area contributed by atoms with Crippen molar-refractivity contribution in [1.29, 1.82) is 0 Å². The molecule has 3 nitrogen and oxygen atoms in total. The van der Waals surface area contributed by atoms with Crippen molar-refractivity contribution in [1.82, 2.24) is 0 Å². The summed E-state index contributed by atoms with van der Waals surface area (Å²) in [7, 11) is 4.98. The molecule has 2 aromatic carbocycles. The van der Waals surface area contributed by atoms with Crippen LogP contribution in [0.3, 0.4) is 0 Å². The zero-order valence-electron chi connectivity index (χ0n) is 11.7. The Hall–Kier alpha value is -1.68. The third kappa shape index (κ3) is 2.90. The quantitative estimate of drug-likeness (QED) is 0.766. The molecule has 0 aliphatic rings. The number of rotatable bonds is 5. The molecule has 0 heterocycles. The van der Waals surface area contributed by atoms with Gasteiger partial charge < -0.3 is 14.2 Å². The van der Waals surface area contributed by atoms with Gasteiger partial charge in [-0.2, -0.15) is 0 Å². The summed E-state index contributed by atoms with van der Waals surface area (Å²) in [6.07, 6.45) is 0. The molecule has 0 spiro atoms. The number of para-hydroxylation sites is 1. The zero-order valence-corrected chi connectivity index (χ0v) is 13.3. The Balaban J connectivity index is 2.49.